The summed E-state index contributed by atoms with van der Waals surface area (Å²) >= 11 is 24.6. The van der Waals surface area contributed by atoms with Gasteiger partial charge in [0, 0.05) is 39.5 Å². The van der Waals surface area contributed by atoms with Crippen LogP contribution in [0.4, 0.5) is 11.6 Å². The van der Waals surface area contributed by atoms with Crippen molar-refractivity contribution in [1.29, 1.82) is 0 Å². The smallest absolute Gasteiger partial charge is 0.146 e. The van der Waals surface area contributed by atoms with E-state index >= 15 is 0 Å². The van der Waals surface area contributed by atoms with Gasteiger partial charge in [0.05, 0.1) is 15.1 Å². The lowest BCUT2D eigenvalue weighted by Crippen LogP contribution is -2.23. The van der Waals surface area contributed by atoms with E-state index in [9.17, 15) is 0 Å². The minimum Gasteiger partial charge on any atom is -0.381 e. The van der Waals surface area contributed by atoms with Gasteiger partial charge in [0.2, 0.25) is 0 Å². The van der Waals surface area contributed by atoms with Gasteiger partial charge in [-0.3, -0.25) is 0 Å². The number of hydrogen-bond acceptors (Lipinski definition) is 6. The van der Waals surface area contributed by atoms with Gasteiger partial charge < -0.3 is 20.1 Å². The molecule has 0 aromatic carbocycles. The Labute approximate surface area is 226 Å². The quantitative estimate of drug-likeness (QED) is 0.321. The molecule has 4 rings (SSSR count). The van der Waals surface area contributed by atoms with E-state index in [1.165, 1.54) is 0 Å². The van der Waals surface area contributed by atoms with E-state index in [0.717, 1.165) is 75.6 Å². The van der Waals surface area contributed by atoms with E-state index in [0.29, 0.717) is 37.3 Å². The molecule has 6 nitrogen and oxygen atoms in total. The second-order valence-corrected chi connectivity index (χ2v) is 10.7. The predicted molar refractivity (Wildman–Crippen MR) is 143 cm³/mol. The van der Waals surface area contributed by atoms with Gasteiger partial charge >= 0.3 is 0 Å². The Morgan fingerprint density at radius 1 is 0.758 bits per heavy atom. The molecule has 0 saturated carbocycles. The minimum atomic E-state index is 0.520. The highest BCUT2D eigenvalue weighted by atomic mass is 79.9. The van der Waals surface area contributed by atoms with Crippen molar-refractivity contribution in [2.24, 2.45) is 11.8 Å². The monoisotopic (exact) mass is 642 g/mol. The van der Waals surface area contributed by atoms with Crippen LogP contribution < -0.4 is 10.6 Å². The Balaban J connectivity index is 0.000000186. The van der Waals surface area contributed by atoms with E-state index in [1.54, 1.807) is 6.07 Å². The number of nitrogens with one attached hydrogen (secondary N) is 2. The number of aromatic nitrogens is 2. The molecule has 33 heavy (non-hydrogen) atoms. The van der Waals surface area contributed by atoms with Crippen molar-refractivity contribution in [2.45, 2.75) is 25.7 Å². The van der Waals surface area contributed by atoms with Crippen molar-refractivity contribution >= 4 is 78.3 Å². The zero-order valence-electron chi connectivity index (χ0n) is 18.1. The number of halogens is 5. The average molecular weight is 646 g/mol. The first-order chi connectivity index (χ1) is 15.9. The highest BCUT2D eigenvalue weighted by Crippen LogP contribution is 2.29. The maximum absolute atomic E-state index is 6.06. The average Bonchev–Trinajstić information content (AvgIpc) is 2.83. The van der Waals surface area contributed by atoms with Gasteiger partial charge in [0.15, 0.2) is 0 Å². The van der Waals surface area contributed by atoms with E-state index in [4.69, 9.17) is 44.3 Å². The summed E-state index contributed by atoms with van der Waals surface area (Å²) in [5.41, 5.74) is 0. The summed E-state index contributed by atoms with van der Waals surface area (Å²) in [7, 11) is 0. The van der Waals surface area contributed by atoms with Crippen molar-refractivity contribution in [3.05, 3.63) is 42.5 Å². The van der Waals surface area contributed by atoms with Crippen LogP contribution in [-0.2, 0) is 9.47 Å². The summed E-state index contributed by atoms with van der Waals surface area (Å²) in [6.07, 6.45) is 4.38. The molecular formula is C22H27Br2Cl3N4O2. The van der Waals surface area contributed by atoms with Gasteiger partial charge in [0.1, 0.15) is 20.8 Å². The number of nitrogens with zero attached hydrogens (tertiary/aromatic N) is 2. The third kappa shape index (κ3) is 9.32. The molecule has 2 aromatic rings. The van der Waals surface area contributed by atoms with E-state index in [1.807, 2.05) is 12.1 Å². The fourth-order valence-corrected chi connectivity index (χ4v) is 4.69. The fraction of sp³-hybridized carbons (Fsp3) is 0.545. The Kier molecular flexibility index (Phi) is 11.8. The lowest BCUT2D eigenvalue weighted by atomic mass is 10.0. The SMILES string of the molecule is Clc1cc(Cl)c(NCC2CCOCC2)nc1Br.Clc1ccc(Br)nc1NCC1CCOCC1. The van der Waals surface area contributed by atoms with Crippen LogP contribution in [0, 0.1) is 11.8 Å². The van der Waals surface area contributed by atoms with Crippen LogP contribution in [0.2, 0.25) is 15.1 Å². The van der Waals surface area contributed by atoms with Gasteiger partial charge in [0.25, 0.3) is 0 Å². The Morgan fingerprint density at radius 2 is 1.27 bits per heavy atom. The maximum atomic E-state index is 6.06. The van der Waals surface area contributed by atoms with E-state index in [2.05, 4.69) is 52.5 Å². The molecule has 4 heterocycles. The van der Waals surface area contributed by atoms with Crippen molar-refractivity contribution in [1.82, 2.24) is 9.97 Å². The second-order valence-electron chi connectivity index (χ2n) is 7.93. The largest absolute Gasteiger partial charge is 0.381 e. The molecule has 11 heteroatoms. The van der Waals surface area contributed by atoms with E-state index in [-0.39, 0.29) is 0 Å². The minimum absolute atomic E-state index is 0.520. The summed E-state index contributed by atoms with van der Waals surface area (Å²) in [6.45, 7) is 5.20. The molecule has 182 valence electrons. The molecule has 2 aromatic heterocycles. The van der Waals surface area contributed by atoms with Crippen LogP contribution in [-0.4, -0.2) is 49.5 Å². The highest BCUT2D eigenvalue weighted by molar-refractivity contribution is 9.10. The van der Waals surface area contributed by atoms with Crippen molar-refractivity contribution in [2.75, 3.05) is 50.2 Å². The molecule has 2 fully saturated rings. The van der Waals surface area contributed by atoms with Crippen molar-refractivity contribution < 1.29 is 9.47 Å². The molecule has 0 spiro atoms. The van der Waals surface area contributed by atoms with Crippen LogP contribution in [0.1, 0.15) is 25.7 Å². The second kappa shape index (κ2) is 14.3. The predicted octanol–water partition coefficient (Wildman–Crippen LogP) is 7.33. The van der Waals surface area contributed by atoms with Crippen molar-refractivity contribution in [3.8, 4) is 0 Å². The third-order valence-corrected chi connectivity index (χ3v) is 7.65. The summed E-state index contributed by atoms with van der Waals surface area (Å²) in [6, 6.07) is 5.36. The molecular weight excluding hydrogens is 618 g/mol. The summed E-state index contributed by atoms with van der Waals surface area (Å²) < 4.78 is 12.0. The summed E-state index contributed by atoms with van der Waals surface area (Å²) in [5, 5.41) is 8.29. The molecule has 0 unspecified atom stereocenters. The number of anilines is 2. The fourth-order valence-electron chi connectivity index (χ4n) is 3.49. The molecule has 0 aliphatic carbocycles. The molecule has 2 N–H and O–H groups in total. The molecule has 2 aliphatic rings. The Bertz CT molecular complexity index is 898. The van der Waals surface area contributed by atoms with Crippen LogP contribution >= 0.6 is 66.7 Å². The molecule has 2 saturated heterocycles. The Hall–Kier alpha value is -0.350. The van der Waals surface area contributed by atoms with Gasteiger partial charge in [-0.05, 0) is 87.6 Å². The van der Waals surface area contributed by atoms with E-state index < -0.39 is 0 Å². The van der Waals surface area contributed by atoms with Gasteiger partial charge in [-0.25, -0.2) is 9.97 Å². The molecule has 0 bridgehead atoms. The topological polar surface area (TPSA) is 68.3 Å². The standard InChI is InChI=1S/C11H13BrCl2N2O.C11H14BrClN2O/c12-10-8(13)5-9(14)11(16-10)15-6-7-1-3-17-4-2-7;12-10-2-1-9(13)11(15-10)14-7-8-3-5-16-6-4-8/h5,7H,1-4,6H2,(H,15,16);1-2,8H,3-7H2,(H,14,15). The lowest BCUT2D eigenvalue weighted by molar-refractivity contribution is 0.0698. The molecule has 0 amide bonds. The summed E-state index contributed by atoms with van der Waals surface area (Å²) in [4.78, 5) is 8.57. The third-order valence-electron chi connectivity index (χ3n) is 5.50. The van der Waals surface area contributed by atoms with Crippen LogP contribution in [0.15, 0.2) is 27.4 Å². The molecule has 0 atom stereocenters. The van der Waals surface area contributed by atoms with Crippen LogP contribution in [0.5, 0.6) is 0 Å². The zero-order chi connectivity index (χ0) is 23.6. The first-order valence-corrected chi connectivity index (χ1v) is 13.6. The maximum Gasteiger partial charge on any atom is 0.146 e. The highest BCUT2D eigenvalue weighted by Gasteiger charge is 2.15. The number of pyridine rings is 2. The van der Waals surface area contributed by atoms with Crippen molar-refractivity contribution in [3.63, 3.8) is 0 Å². The van der Waals surface area contributed by atoms with Crippen LogP contribution in [0.3, 0.4) is 0 Å². The van der Waals surface area contributed by atoms with Gasteiger partial charge in [-0.1, -0.05) is 34.8 Å². The van der Waals surface area contributed by atoms with Crippen LogP contribution in [0.25, 0.3) is 0 Å². The van der Waals surface area contributed by atoms with Gasteiger partial charge in [-0.15, -0.1) is 0 Å². The first-order valence-electron chi connectivity index (χ1n) is 10.9. The lowest BCUT2D eigenvalue weighted by Gasteiger charge is -2.22. The number of hydrogen-bond donors (Lipinski definition) is 2. The van der Waals surface area contributed by atoms with Gasteiger partial charge in [-0.2, -0.15) is 0 Å². The summed E-state index contributed by atoms with van der Waals surface area (Å²) in [5.74, 6) is 2.71. The Morgan fingerprint density at radius 3 is 1.82 bits per heavy atom. The number of ether oxygens (including phenoxy) is 2. The zero-order valence-corrected chi connectivity index (χ0v) is 23.5. The molecule has 0 radical (unpaired) electrons. The normalized spacial score (nSPS) is 17.2. The number of rotatable bonds is 6. The first kappa shape index (κ1) is 27.2. The molecule has 2 aliphatic heterocycles.